The van der Waals surface area contributed by atoms with E-state index in [4.69, 9.17) is 14.2 Å². The number of halogens is 1. The van der Waals surface area contributed by atoms with Crippen LogP contribution < -0.4 is 9.47 Å². The van der Waals surface area contributed by atoms with Crippen LogP contribution >= 0.6 is 15.9 Å². The number of morpholine rings is 1. The van der Waals surface area contributed by atoms with Crippen LogP contribution in [0.3, 0.4) is 0 Å². The molecule has 35 heavy (non-hydrogen) atoms. The van der Waals surface area contributed by atoms with Crippen molar-refractivity contribution in [2.75, 3.05) is 52.6 Å². The van der Waals surface area contributed by atoms with Crippen LogP contribution in [0.2, 0.25) is 0 Å². The van der Waals surface area contributed by atoms with Gasteiger partial charge in [0.25, 0.3) is 11.7 Å². The largest absolute Gasteiger partial charge is 0.507 e. The summed E-state index contributed by atoms with van der Waals surface area (Å²) in [5.74, 6) is -0.416. The number of likely N-dealkylation sites (tertiary alicyclic amines) is 1. The first kappa shape index (κ1) is 23.8. The molecule has 0 spiro atoms. The minimum Gasteiger partial charge on any atom is -0.507 e. The highest BCUT2D eigenvalue weighted by atomic mass is 79.9. The highest BCUT2D eigenvalue weighted by molar-refractivity contribution is 9.10. The Morgan fingerprint density at radius 3 is 2.40 bits per heavy atom. The number of hydrogen-bond acceptors (Lipinski definition) is 7. The van der Waals surface area contributed by atoms with Crippen LogP contribution in [0.4, 0.5) is 0 Å². The molecule has 0 aromatic heterocycles. The van der Waals surface area contributed by atoms with Crippen LogP contribution in [0.5, 0.6) is 11.5 Å². The van der Waals surface area contributed by atoms with E-state index in [0.29, 0.717) is 56.5 Å². The predicted molar refractivity (Wildman–Crippen MR) is 132 cm³/mol. The number of aliphatic hydroxyl groups is 1. The second-order valence-electron chi connectivity index (χ2n) is 8.71. The molecule has 3 aliphatic heterocycles. The Hall–Kier alpha value is -2.88. The van der Waals surface area contributed by atoms with Crippen molar-refractivity contribution < 1.29 is 28.9 Å². The number of ether oxygens (including phenoxy) is 3. The summed E-state index contributed by atoms with van der Waals surface area (Å²) >= 11 is 3.44. The first-order chi connectivity index (χ1) is 17.0. The van der Waals surface area contributed by atoms with Crippen molar-refractivity contribution >= 4 is 33.4 Å². The van der Waals surface area contributed by atoms with Crippen LogP contribution in [0.15, 0.2) is 52.5 Å². The molecule has 0 saturated carbocycles. The summed E-state index contributed by atoms with van der Waals surface area (Å²) in [5, 5.41) is 11.3. The van der Waals surface area contributed by atoms with Gasteiger partial charge in [-0.2, -0.15) is 0 Å². The number of carbonyl (C=O) groups is 2. The van der Waals surface area contributed by atoms with Crippen LogP contribution in [0.1, 0.15) is 23.6 Å². The summed E-state index contributed by atoms with van der Waals surface area (Å²) in [6, 6.07) is 11.8. The van der Waals surface area contributed by atoms with Gasteiger partial charge in [-0.15, -0.1) is 0 Å². The summed E-state index contributed by atoms with van der Waals surface area (Å²) in [5.41, 5.74) is 1.25. The lowest BCUT2D eigenvalue weighted by Gasteiger charge is -2.29. The molecule has 0 bridgehead atoms. The third-order valence-electron chi connectivity index (χ3n) is 6.52. The Bertz CT molecular complexity index is 1140. The number of ketones is 1. The number of fused-ring (bicyclic) bond motifs is 1. The van der Waals surface area contributed by atoms with E-state index >= 15 is 0 Å². The van der Waals surface area contributed by atoms with Crippen molar-refractivity contribution in [1.82, 2.24) is 9.80 Å². The molecule has 1 amide bonds. The molecule has 2 aromatic carbocycles. The van der Waals surface area contributed by atoms with E-state index in [1.807, 2.05) is 24.3 Å². The van der Waals surface area contributed by atoms with Gasteiger partial charge in [-0.05, 0) is 42.3 Å². The first-order valence-electron chi connectivity index (χ1n) is 11.8. The molecule has 9 heteroatoms. The van der Waals surface area contributed by atoms with Crippen molar-refractivity contribution in [2.24, 2.45) is 0 Å². The molecular weight excluding hydrogens is 516 g/mol. The first-order valence-corrected chi connectivity index (χ1v) is 12.6. The van der Waals surface area contributed by atoms with Gasteiger partial charge < -0.3 is 24.2 Å². The summed E-state index contributed by atoms with van der Waals surface area (Å²) in [7, 11) is 0. The molecule has 0 aliphatic carbocycles. The van der Waals surface area contributed by atoms with E-state index in [2.05, 4.69) is 20.8 Å². The highest BCUT2D eigenvalue weighted by Crippen LogP contribution is 2.41. The highest BCUT2D eigenvalue weighted by Gasteiger charge is 2.45. The maximum atomic E-state index is 13.2. The molecule has 1 N–H and O–H groups in total. The molecular formula is C26H27BrN2O6. The third-order valence-corrected chi connectivity index (χ3v) is 7.05. The van der Waals surface area contributed by atoms with Crippen LogP contribution in [0, 0.1) is 0 Å². The smallest absolute Gasteiger partial charge is 0.295 e. The van der Waals surface area contributed by atoms with Gasteiger partial charge in [-0.25, -0.2) is 0 Å². The predicted octanol–water partition coefficient (Wildman–Crippen LogP) is 3.36. The number of amides is 1. The minimum atomic E-state index is -0.684. The maximum Gasteiger partial charge on any atom is 0.295 e. The molecule has 0 unspecified atom stereocenters. The standard InChI is InChI=1S/C26H27BrN2O6/c27-19-5-2-17(3-6-19)23-22(24(30)18-4-7-20-21(16-18)35-15-14-34-20)25(31)26(32)29(23)9-1-8-28-10-12-33-13-11-28/h2-7,16,23,30H,1,8-15H2/b24-22+/t23-/m1/s1. The van der Waals surface area contributed by atoms with E-state index in [9.17, 15) is 14.7 Å². The molecule has 3 heterocycles. The lowest BCUT2D eigenvalue weighted by Crippen LogP contribution is -2.38. The molecule has 8 nitrogen and oxygen atoms in total. The average molecular weight is 543 g/mol. The van der Waals surface area contributed by atoms with Crippen LogP contribution in [0.25, 0.3) is 5.76 Å². The zero-order valence-corrected chi connectivity index (χ0v) is 20.8. The Morgan fingerprint density at radius 2 is 1.66 bits per heavy atom. The molecule has 2 fully saturated rings. The van der Waals surface area contributed by atoms with Crippen molar-refractivity contribution in [3.63, 3.8) is 0 Å². The zero-order valence-electron chi connectivity index (χ0n) is 19.2. The number of Topliss-reactive ketones (excluding diaryl/α,β-unsaturated/α-hetero) is 1. The Balaban J connectivity index is 1.48. The fraction of sp³-hybridized carbons (Fsp3) is 0.385. The monoisotopic (exact) mass is 542 g/mol. The van der Waals surface area contributed by atoms with Gasteiger partial charge in [0.1, 0.15) is 19.0 Å². The van der Waals surface area contributed by atoms with Gasteiger partial charge in [-0.3, -0.25) is 14.5 Å². The number of rotatable bonds is 6. The Kier molecular flexibility index (Phi) is 7.08. The SMILES string of the molecule is O=C1C(=O)N(CCCN2CCOCC2)[C@H](c2ccc(Br)cc2)/C1=C(\O)c1ccc2c(c1)OCCO2. The average Bonchev–Trinajstić information content (AvgIpc) is 3.14. The second kappa shape index (κ2) is 10.4. The molecule has 2 saturated heterocycles. The Morgan fingerprint density at radius 1 is 0.943 bits per heavy atom. The van der Waals surface area contributed by atoms with E-state index in [0.717, 1.165) is 29.7 Å². The summed E-state index contributed by atoms with van der Waals surface area (Å²) in [6.07, 6.45) is 0.712. The van der Waals surface area contributed by atoms with Gasteiger partial charge in [0.2, 0.25) is 0 Å². The van der Waals surface area contributed by atoms with Crippen molar-refractivity contribution in [1.29, 1.82) is 0 Å². The van der Waals surface area contributed by atoms with Gasteiger partial charge in [0, 0.05) is 36.2 Å². The molecule has 1 atom stereocenters. The number of benzene rings is 2. The fourth-order valence-corrected chi connectivity index (χ4v) is 5.00. The summed E-state index contributed by atoms with van der Waals surface area (Å²) < 4.78 is 17.5. The minimum absolute atomic E-state index is 0.0837. The van der Waals surface area contributed by atoms with E-state index in [1.54, 1.807) is 23.1 Å². The third kappa shape index (κ3) is 4.94. The summed E-state index contributed by atoms with van der Waals surface area (Å²) in [4.78, 5) is 30.3. The van der Waals surface area contributed by atoms with Gasteiger partial charge in [-0.1, -0.05) is 28.1 Å². The van der Waals surface area contributed by atoms with Crippen LogP contribution in [-0.4, -0.2) is 79.2 Å². The maximum absolute atomic E-state index is 13.2. The molecule has 0 radical (unpaired) electrons. The molecule has 3 aliphatic rings. The van der Waals surface area contributed by atoms with Gasteiger partial charge >= 0.3 is 0 Å². The number of hydrogen-bond donors (Lipinski definition) is 1. The molecule has 184 valence electrons. The van der Waals surface area contributed by atoms with Crippen molar-refractivity contribution in [2.45, 2.75) is 12.5 Å². The van der Waals surface area contributed by atoms with Crippen molar-refractivity contribution in [3.8, 4) is 11.5 Å². The lowest BCUT2D eigenvalue weighted by atomic mass is 9.95. The van der Waals surface area contributed by atoms with Gasteiger partial charge in [0.05, 0.1) is 24.8 Å². The Labute approximate surface area is 212 Å². The zero-order chi connectivity index (χ0) is 24.4. The normalized spacial score (nSPS) is 22.0. The van der Waals surface area contributed by atoms with E-state index < -0.39 is 17.7 Å². The van der Waals surface area contributed by atoms with Crippen LogP contribution in [-0.2, 0) is 14.3 Å². The fourth-order valence-electron chi connectivity index (χ4n) is 4.74. The quantitative estimate of drug-likeness (QED) is 0.340. The number of nitrogens with zero attached hydrogens (tertiary/aromatic N) is 2. The molecule has 2 aromatic rings. The van der Waals surface area contributed by atoms with Gasteiger partial charge in [0.15, 0.2) is 11.5 Å². The summed E-state index contributed by atoms with van der Waals surface area (Å²) in [6.45, 7) is 5.21. The number of carbonyl (C=O) groups excluding carboxylic acids is 2. The lowest BCUT2D eigenvalue weighted by molar-refractivity contribution is -0.140. The topological polar surface area (TPSA) is 88.5 Å². The van der Waals surface area contributed by atoms with E-state index in [1.165, 1.54) is 0 Å². The van der Waals surface area contributed by atoms with E-state index in [-0.39, 0.29) is 11.3 Å². The van der Waals surface area contributed by atoms with Crippen molar-refractivity contribution in [3.05, 3.63) is 63.6 Å². The number of aliphatic hydroxyl groups excluding tert-OH is 1. The second-order valence-corrected chi connectivity index (χ2v) is 9.63. The molecule has 5 rings (SSSR count).